The fourth-order valence-electron chi connectivity index (χ4n) is 1.37. The largest absolute Gasteiger partial charge is 0.346 e. The molecule has 2 aromatic heterocycles. The second kappa shape index (κ2) is 4.28. The molecule has 2 heterocycles. The molecule has 2 aromatic rings. The Morgan fingerprint density at radius 3 is 3.27 bits per heavy atom. The molecule has 0 aliphatic rings. The van der Waals surface area contributed by atoms with Crippen LogP contribution in [-0.4, -0.2) is 9.97 Å². The molecule has 0 radical (unpaired) electrons. The summed E-state index contributed by atoms with van der Waals surface area (Å²) in [6.45, 7) is 0. The third-order valence-corrected chi connectivity index (χ3v) is 2.47. The molecule has 4 heteroatoms. The standard InChI is InChI=1S/C11H8BrN3/c12-9-5-10-8(3-1-2-4-13)6-14-11(10)15-7-9/h1,3,5-7H,2H2,(H,14,15). The normalized spacial score (nSPS) is 10.9. The molecule has 0 atom stereocenters. The number of pyridine rings is 1. The quantitative estimate of drug-likeness (QED) is 0.903. The van der Waals surface area contributed by atoms with Gasteiger partial charge in [0.1, 0.15) is 5.65 Å². The van der Waals surface area contributed by atoms with Gasteiger partial charge in [-0.25, -0.2) is 4.98 Å². The summed E-state index contributed by atoms with van der Waals surface area (Å²) in [6, 6.07) is 4.07. The van der Waals surface area contributed by atoms with Gasteiger partial charge in [0.2, 0.25) is 0 Å². The number of nitrogens with zero attached hydrogens (tertiary/aromatic N) is 2. The smallest absolute Gasteiger partial charge is 0.137 e. The van der Waals surface area contributed by atoms with Crippen molar-refractivity contribution < 1.29 is 0 Å². The van der Waals surface area contributed by atoms with Gasteiger partial charge in [0.15, 0.2) is 0 Å². The van der Waals surface area contributed by atoms with Crippen molar-refractivity contribution in [3.05, 3.63) is 34.6 Å². The van der Waals surface area contributed by atoms with Crippen molar-refractivity contribution >= 4 is 33.0 Å². The molecule has 0 aromatic carbocycles. The highest BCUT2D eigenvalue weighted by molar-refractivity contribution is 9.10. The van der Waals surface area contributed by atoms with E-state index in [0.717, 1.165) is 21.1 Å². The molecule has 0 aliphatic carbocycles. The van der Waals surface area contributed by atoms with Crippen molar-refractivity contribution in [1.29, 1.82) is 5.26 Å². The maximum absolute atomic E-state index is 8.42. The topological polar surface area (TPSA) is 52.5 Å². The summed E-state index contributed by atoms with van der Waals surface area (Å²) in [5.41, 5.74) is 1.91. The third kappa shape index (κ3) is 2.08. The van der Waals surface area contributed by atoms with Gasteiger partial charge in [-0.15, -0.1) is 0 Å². The first-order valence-electron chi connectivity index (χ1n) is 4.47. The Bertz CT molecular complexity index is 548. The van der Waals surface area contributed by atoms with E-state index in [2.05, 4.69) is 32.0 Å². The Hall–Kier alpha value is -1.60. The molecule has 74 valence electrons. The zero-order valence-electron chi connectivity index (χ0n) is 7.87. The summed E-state index contributed by atoms with van der Waals surface area (Å²) < 4.78 is 0.949. The van der Waals surface area contributed by atoms with Crippen LogP contribution in [0.2, 0.25) is 0 Å². The van der Waals surface area contributed by atoms with Gasteiger partial charge in [0.25, 0.3) is 0 Å². The molecule has 0 bridgehead atoms. The van der Waals surface area contributed by atoms with Crippen LogP contribution in [0.3, 0.4) is 0 Å². The summed E-state index contributed by atoms with van der Waals surface area (Å²) >= 11 is 3.38. The fourth-order valence-corrected chi connectivity index (χ4v) is 1.71. The zero-order chi connectivity index (χ0) is 10.7. The lowest BCUT2D eigenvalue weighted by molar-refractivity contribution is 1.31. The minimum atomic E-state index is 0.425. The SMILES string of the molecule is N#CCC=Cc1c[nH]c2ncc(Br)cc12. The van der Waals surface area contributed by atoms with Crippen molar-refractivity contribution in [2.75, 3.05) is 0 Å². The van der Waals surface area contributed by atoms with Crippen molar-refractivity contribution in [1.82, 2.24) is 9.97 Å². The van der Waals surface area contributed by atoms with E-state index in [1.165, 1.54) is 0 Å². The summed E-state index contributed by atoms with van der Waals surface area (Å²) in [6.07, 6.45) is 7.83. The van der Waals surface area contributed by atoms with Gasteiger partial charge in [-0.2, -0.15) is 5.26 Å². The molecule has 0 unspecified atom stereocenters. The average Bonchev–Trinajstić information content (AvgIpc) is 2.62. The minimum Gasteiger partial charge on any atom is -0.346 e. The lowest BCUT2D eigenvalue weighted by atomic mass is 10.2. The number of H-pyrrole nitrogens is 1. The summed E-state index contributed by atoms with van der Waals surface area (Å²) in [4.78, 5) is 7.30. The number of allylic oxidation sites excluding steroid dienone is 1. The van der Waals surface area contributed by atoms with Gasteiger partial charge in [-0.3, -0.25) is 0 Å². The van der Waals surface area contributed by atoms with Crippen LogP contribution in [0.4, 0.5) is 0 Å². The van der Waals surface area contributed by atoms with Gasteiger partial charge in [0.05, 0.1) is 12.5 Å². The van der Waals surface area contributed by atoms with Crippen molar-refractivity contribution in [2.45, 2.75) is 6.42 Å². The van der Waals surface area contributed by atoms with Gasteiger partial charge >= 0.3 is 0 Å². The third-order valence-electron chi connectivity index (χ3n) is 2.04. The van der Waals surface area contributed by atoms with Crippen LogP contribution in [0, 0.1) is 11.3 Å². The van der Waals surface area contributed by atoms with E-state index in [1.54, 1.807) is 6.20 Å². The molecule has 15 heavy (non-hydrogen) atoms. The zero-order valence-corrected chi connectivity index (χ0v) is 9.45. The first-order chi connectivity index (χ1) is 7.31. The highest BCUT2D eigenvalue weighted by Crippen LogP contribution is 2.21. The fraction of sp³-hybridized carbons (Fsp3) is 0.0909. The van der Waals surface area contributed by atoms with Crippen LogP contribution < -0.4 is 0 Å². The van der Waals surface area contributed by atoms with Crippen LogP contribution in [-0.2, 0) is 0 Å². The number of aromatic nitrogens is 2. The van der Waals surface area contributed by atoms with Crippen LogP contribution in [0.5, 0.6) is 0 Å². The van der Waals surface area contributed by atoms with E-state index in [9.17, 15) is 0 Å². The van der Waals surface area contributed by atoms with E-state index < -0.39 is 0 Å². The van der Waals surface area contributed by atoms with Crippen LogP contribution in [0.1, 0.15) is 12.0 Å². The predicted octanol–water partition coefficient (Wildman–Crippen LogP) is 3.25. The van der Waals surface area contributed by atoms with Crippen LogP contribution >= 0.6 is 15.9 Å². The van der Waals surface area contributed by atoms with Gasteiger partial charge in [-0.1, -0.05) is 12.2 Å². The molecule has 3 nitrogen and oxygen atoms in total. The van der Waals surface area contributed by atoms with Gasteiger partial charge < -0.3 is 4.98 Å². The lowest BCUT2D eigenvalue weighted by Gasteiger charge is -1.92. The Morgan fingerprint density at radius 2 is 2.47 bits per heavy atom. The first kappa shape index (κ1) is 9.94. The number of hydrogen-bond acceptors (Lipinski definition) is 2. The molecule has 0 amide bonds. The Balaban J connectivity index is 2.44. The molecule has 0 saturated carbocycles. The average molecular weight is 262 g/mol. The second-order valence-corrected chi connectivity index (χ2v) is 3.97. The summed E-state index contributed by atoms with van der Waals surface area (Å²) in [7, 11) is 0. The number of nitrogens with one attached hydrogen (secondary N) is 1. The number of aromatic amines is 1. The van der Waals surface area contributed by atoms with Crippen molar-refractivity contribution in [2.24, 2.45) is 0 Å². The van der Waals surface area contributed by atoms with E-state index in [0.29, 0.717) is 6.42 Å². The number of halogens is 1. The highest BCUT2D eigenvalue weighted by atomic mass is 79.9. The second-order valence-electron chi connectivity index (χ2n) is 3.06. The van der Waals surface area contributed by atoms with Crippen LogP contribution in [0.25, 0.3) is 17.1 Å². The highest BCUT2D eigenvalue weighted by Gasteiger charge is 2.01. The maximum atomic E-state index is 8.42. The van der Waals surface area contributed by atoms with E-state index in [1.807, 2.05) is 24.4 Å². The number of fused-ring (bicyclic) bond motifs is 1. The molecule has 2 rings (SSSR count). The summed E-state index contributed by atoms with van der Waals surface area (Å²) in [5, 5.41) is 9.48. The number of hydrogen-bond donors (Lipinski definition) is 1. The predicted molar refractivity (Wildman–Crippen MR) is 63.1 cm³/mol. The molecular weight excluding hydrogens is 254 g/mol. The molecule has 0 spiro atoms. The van der Waals surface area contributed by atoms with E-state index in [4.69, 9.17) is 5.26 Å². The van der Waals surface area contributed by atoms with Crippen molar-refractivity contribution in [3.63, 3.8) is 0 Å². The Labute approximate surface area is 95.6 Å². The molecule has 1 N–H and O–H groups in total. The molecule has 0 aliphatic heterocycles. The van der Waals surface area contributed by atoms with E-state index >= 15 is 0 Å². The molecule has 0 fully saturated rings. The Kier molecular flexibility index (Phi) is 2.84. The Morgan fingerprint density at radius 1 is 1.60 bits per heavy atom. The lowest BCUT2D eigenvalue weighted by Crippen LogP contribution is -1.75. The first-order valence-corrected chi connectivity index (χ1v) is 5.26. The van der Waals surface area contributed by atoms with Gasteiger partial charge in [-0.05, 0) is 22.0 Å². The monoisotopic (exact) mass is 261 g/mol. The minimum absolute atomic E-state index is 0.425. The van der Waals surface area contributed by atoms with Gasteiger partial charge in [0, 0.05) is 27.8 Å². The summed E-state index contributed by atoms with van der Waals surface area (Å²) in [5.74, 6) is 0. The van der Waals surface area contributed by atoms with Crippen molar-refractivity contribution in [3.8, 4) is 6.07 Å². The number of nitriles is 1. The number of rotatable bonds is 2. The maximum Gasteiger partial charge on any atom is 0.137 e. The van der Waals surface area contributed by atoms with Crippen LogP contribution in [0.15, 0.2) is 29.0 Å². The molecule has 0 saturated heterocycles. The van der Waals surface area contributed by atoms with E-state index in [-0.39, 0.29) is 0 Å². The molecular formula is C11H8BrN3.